The molecule has 0 aromatic rings. The quantitative estimate of drug-likeness (QED) is 0.582. The van der Waals surface area contributed by atoms with Crippen LogP contribution in [0.5, 0.6) is 0 Å². The van der Waals surface area contributed by atoms with Crippen molar-refractivity contribution in [1.29, 1.82) is 0 Å². The predicted molar refractivity (Wildman–Crippen MR) is 79.9 cm³/mol. The first-order valence-electron chi connectivity index (χ1n) is 7.50. The summed E-state index contributed by atoms with van der Waals surface area (Å²) in [5.41, 5.74) is 5.71. The highest BCUT2D eigenvalue weighted by atomic mass is 19.1. The minimum Gasteiger partial charge on any atom is -0.479 e. The minimum absolute atomic E-state index is 0.0144. The molecule has 0 bridgehead atoms. The number of aliphatic hydroxyl groups is 2. The molecular formula is C13H20FN5O4. The van der Waals surface area contributed by atoms with Gasteiger partial charge < -0.3 is 30.3 Å². The molecule has 0 spiro atoms. The van der Waals surface area contributed by atoms with Crippen LogP contribution in [0.2, 0.25) is 0 Å². The summed E-state index contributed by atoms with van der Waals surface area (Å²) in [7, 11) is 0. The lowest BCUT2D eigenvalue weighted by atomic mass is 10.1. The molecule has 23 heavy (non-hydrogen) atoms. The van der Waals surface area contributed by atoms with E-state index in [1.165, 1.54) is 11.2 Å². The molecule has 1 saturated heterocycles. The summed E-state index contributed by atoms with van der Waals surface area (Å²) in [6.45, 7) is 1.94. The third-order valence-electron chi connectivity index (χ3n) is 3.91. The van der Waals surface area contributed by atoms with Crippen LogP contribution in [0.3, 0.4) is 0 Å². The zero-order valence-corrected chi connectivity index (χ0v) is 12.6. The summed E-state index contributed by atoms with van der Waals surface area (Å²) in [4.78, 5) is 13.9. The van der Waals surface area contributed by atoms with Crippen molar-refractivity contribution in [2.75, 3.05) is 13.2 Å². The first kappa shape index (κ1) is 16.1. The van der Waals surface area contributed by atoms with E-state index in [1.807, 2.05) is 6.92 Å². The second kappa shape index (κ2) is 6.38. The van der Waals surface area contributed by atoms with Crippen LogP contribution in [0.4, 0.5) is 4.39 Å². The molecule has 0 saturated carbocycles. The molecular weight excluding hydrogens is 309 g/mol. The molecule has 4 N–H and O–H groups in total. The van der Waals surface area contributed by atoms with Gasteiger partial charge in [0, 0.05) is 0 Å². The number of aliphatic hydroxyl groups excluding tert-OH is 2. The van der Waals surface area contributed by atoms with Gasteiger partial charge in [-0.25, -0.2) is 9.38 Å². The number of hydrogen-bond donors (Lipinski definition) is 3. The first-order valence-corrected chi connectivity index (χ1v) is 7.50. The predicted octanol–water partition coefficient (Wildman–Crippen LogP) is -1.41. The molecule has 0 aliphatic carbocycles. The maximum atomic E-state index is 14.3. The van der Waals surface area contributed by atoms with Crippen LogP contribution in [0, 0.1) is 0 Å². The molecule has 1 fully saturated rings. The van der Waals surface area contributed by atoms with E-state index in [0.717, 1.165) is 6.42 Å². The number of rotatable bonds is 4. The van der Waals surface area contributed by atoms with Gasteiger partial charge in [0.1, 0.15) is 12.2 Å². The zero-order valence-electron chi connectivity index (χ0n) is 12.6. The fourth-order valence-electron chi connectivity index (χ4n) is 2.76. The average molecular weight is 329 g/mol. The summed E-state index contributed by atoms with van der Waals surface area (Å²) in [5.74, 6) is 0.344. The number of hydrogen-bond acceptors (Lipinski definition) is 9. The number of alkyl halides is 1. The largest absolute Gasteiger partial charge is 0.479 e. The maximum Gasteiger partial charge on any atom is 0.221 e. The van der Waals surface area contributed by atoms with Gasteiger partial charge in [-0.05, 0) is 6.42 Å². The fourth-order valence-corrected chi connectivity index (χ4v) is 2.76. The number of ether oxygens (including phenoxy) is 2. The van der Waals surface area contributed by atoms with Gasteiger partial charge in [-0.15, -0.1) is 0 Å². The molecule has 0 aromatic carbocycles. The Morgan fingerprint density at radius 2 is 2.30 bits per heavy atom. The van der Waals surface area contributed by atoms with Crippen LogP contribution < -0.4 is 5.73 Å². The highest BCUT2D eigenvalue weighted by molar-refractivity contribution is 5.99. The van der Waals surface area contributed by atoms with E-state index >= 15 is 0 Å². The fraction of sp³-hybridized carbons (Fsp3) is 0.769. The van der Waals surface area contributed by atoms with Gasteiger partial charge in [0.05, 0.1) is 19.6 Å². The standard InChI is InChI=1S/C13H20FN5O4/c1-2-3-22-11-8-10(17-13(15)18-11)19(5-16-8)12-7(14)9(21)6(4-20)23-12/h5-10,12,20-21H,2-4H2,1H3,(H2,15,17)/t6-,7-,8?,9-,10?,12-/m1/s1. The SMILES string of the molecule is CCCOC1=NC(N)=NC2C1N=CN2[C@@H]1O[C@H](CO)[C@@H](O)[C@H]1F. The molecule has 0 amide bonds. The van der Waals surface area contributed by atoms with E-state index in [0.29, 0.717) is 12.5 Å². The van der Waals surface area contributed by atoms with Gasteiger partial charge >= 0.3 is 0 Å². The van der Waals surface area contributed by atoms with Crippen molar-refractivity contribution in [2.45, 2.75) is 50.2 Å². The smallest absolute Gasteiger partial charge is 0.221 e. The van der Waals surface area contributed by atoms with Gasteiger partial charge in [0.2, 0.25) is 11.9 Å². The zero-order chi connectivity index (χ0) is 16.6. The minimum atomic E-state index is -1.70. The normalized spacial score (nSPS) is 39.2. The molecule has 3 heterocycles. The van der Waals surface area contributed by atoms with Crippen LogP contribution >= 0.6 is 0 Å². The van der Waals surface area contributed by atoms with Gasteiger partial charge in [-0.3, -0.25) is 4.99 Å². The van der Waals surface area contributed by atoms with Crippen molar-refractivity contribution in [3.63, 3.8) is 0 Å². The highest BCUT2D eigenvalue weighted by Crippen LogP contribution is 2.31. The van der Waals surface area contributed by atoms with Gasteiger partial charge in [-0.2, -0.15) is 4.99 Å². The van der Waals surface area contributed by atoms with Crippen molar-refractivity contribution >= 4 is 18.2 Å². The van der Waals surface area contributed by atoms with Crippen LogP contribution in [-0.2, 0) is 9.47 Å². The molecule has 128 valence electrons. The molecule has 10 heteroatoms. The van der Waals surface area contributed by atoms with Crippen LogP contribution in [0.15, 0.2) is 15.0 Å². The van der Waals surface area contributed by atoms with Crippen molar-refractivity contribution < 1.29 is 24.1 Å². The second-order valence-electron chi connectivity index (χ2n) is 5.54. The third kappa shape index (κ3) is 2.77. The van der Waals surface area contributed by atoms with Gasteiger partial charge in [-0.1, -0.05) is 6.92 Å². The number of fused-ring (bicyclic) bond motifs is 1. The molecule has 2 unspecified atom stereocenters. The Labute approximate surface area is 132 Å². The maximum absolute atomic E-state index is 14.3. The van der Waals surface area contributed by atoms with E-state index in [4.69, 9.17) is 20.3 Å². The molecule has 3 aliphatic heterocycles. The van der Waals surface area contributed by atoms with E-state index in [2.05, 4.69) is 15.0 Å². The molecule has 0 radical (unpaired) electrons. The molecule has 6 atom stereocenters. The Kier molecular flexibility index (Phi) is 4.46. The van der Waals surface area contributed by atoms with Crippen molar-refractivity contribution in [3.05, 3.63) is 0 Å². The Morgan fingerprint density at radius 3 is 2.96 bits per heavy atom. The van der Waals surface area contributed by atoms with Gasteiger partial charge in [0.15, 0.2) is 24.6 Å². The number of nitrogens with two attached hydrogens (primary N) is 1. The molecule has 0 aromatic heterocycles. The van der Waals surface area contributed by atoms with E-state index in [1.54, 1.807) is 0 Å². The lowest BCUT2D eigenvalue weighted by Crippen LogP contribution is -2.50. The number of halogens is 1. The number of nitrogens with zero attached hydrogens (tertiary/aromatic N) is 4. The summed E-state index contributed by atoms with van der Waals surface area (Å²) >= 11 is 0. The monoisotopic (exact) mass is 329 g/mol. The van der Waals surface area contributed by atoms with Crippen molar-refractivity contribution in [2.24, 2.45) is 20.7 Å². The van der Waals surface area contributed by atoms with Crippen LogP contribution in [0.25, 0.3) is 0 Å². The van der Waals surface area contributed by atoms with Crippen molar-refractivity contribution in [1.82, 2.24) is 4.90 Å². The number of guanidine groups is 1. The Bertz CT molecular complexity index is 542. The average Bonchev–Trinajstić information content (AvgIpc) is 3.07. The van der Waals surface area contributed by atoms with Crippen molar-refractivity contribution in [3.8, 4) is 0 Å². The topological polar surface area (TPSA) is 125 Å². The second-order valence-corrected chi connectivity index (χ2v) is 5.54. The van der Waals surface area contributed by atoms with Crippen LogP contribution in [-0.4, -0.2) is 83.3 Å². The Hall–Kier alpha value is -1.78. The summed E-state index contributed by atoms with van der Waals surface area (Å²) in [6.07, 6.45) is -3.67. The van der Waals surface area contributed by atoms with E-state index in [9.17, 15) is 9.50 Å². The molecule has 9 nitrogen and oxygen atoms in total. The molecule has 3 aliphatic rings. The van der Waals surface area contributed by atoms with E-state index < -0.39 is 43.4 Å². The Balaban J connectivity index is 1.78. The first-order chi connectivity index (χ1) is 11.1. The Morgan fingerprint density at radius 1 is 1.52 bits per heavy atom. The van der Waals surface area contributed by atoms with E-state index in [-0.39, 0.29) is 5.96 Å². The summed E-state index contributed by atoms with van der Waals surface area (Å²) in [5, 5.41) is 18.9. The highest BCUT2D eigenvalue weighted by Gasteiger charge is 2.51. The van der Waals surface area contributed by atoms with Gasteiger partial charge in [0.25, 0.3) is 0 Å². The lowest BCUT2D eigenvalue weighted by molar-refractivity contribution is -0.0695. The summed E-state index contributed by atoms with van der Waals surface area (Å²) in [6, 6.07) is -0.532. The summed E-state index contributed by atoms with van der Waals surface area (Å²) < 4.78 is 25.2. The number of aliphatic imine (C=N–C) groups is 3. The molecule has 3 rings (SSSR count). The van der Waals surface area contributed by atoms with Crippen LogP contribution in [0.1, 0.15) is 13.3 Å². The lowest BCUT2D eigenvalue weighted by Gasteiger charge is -2.32. The third-order valence-corrected chi connectivity index (χ3v) is 3.91.